The molecule has 0 radical (unpaired) electrons. The molecule has 1 amide bonds. The molecule has 1 N–H and O–H groups in total. The first kappa shape index (κ1) is 15.8. The summed E-state index contributed by atoms with van der Waals surface area (Å²) in [6, 6.07) is 0. The van der Waals surface area contributed by atoms with Crippen LogP contribution in [0.2, 0.25) is 0 Å². The van der Waals surface area contributed by atoms with Crippen molar-refractivity contribution in [1.29, 1.82) is 0 Å². The third-order valence-electron chi connectivity index (χ3n) is 4.44. The van der Waals surface area contributed by atoms with Crippen LogP contribution >= 0.6 is 0 Å². The van der Waals surface area contributed by atoms with Gasteiger partial charge in [-0.15, -0.1) is 0 Å². The van der Waals surface area contributed by atoms with Gasteiger partial charge in [-0.25, -0.2) is 0 Å². The van der Waals surface area contributed by atoms with Gasteiger partial charge in [0.15, 0.2) is 0 Å². The van der Waals surface area contributed by atoms with Gasteiger partial charge < -0.3 is 14.8 Å². The van der Waals surface area contributed by atoms with Crippen LogP contribution in [-0.2, 0) is 14.3 Å². The molecule has 1 aliphatic carbocycles. The lowest BCUT2D eigenvalue weighted by atomic mass is 9.88. The summed E-state index contributed by atoms with van der Waals surface area (Å²) in [6.07, 6.45) is 8.16. The highest BCUT2D eigenvalue weighted by atomic mass is 16.5. The van der Waals surface area contributed by atoms with Crippen LogP contribution in [0, 0.1) is 5.92 Å². The van der Waals surface area contributed by atoms with E-state index in [0.29, 0.717) is 12.6 Å². The highest BCUT2D eigenvalue weighted by Gasteiger charge is 2.24. The first-order valence-electron chi connectivity index (χ1n) is 8.20. The van der Waals surface area contributed by atoms with Crippen molar-refractivity contribution in [2.75, 3.05) is 13.2 Å². The molecule has 1 saturated heterocycles. The zero-order valence-electron chi connectivity index (χ0n) is 12.9. The monoisotopic (exact) mass is 283 g/mol. The largest absolute Gasteiger partial charge is 0.378 e. The predicted octanol–water partition coefficient (Wildman–Crippen LogP) is 2.66. The molecular formula is C16H29NO3. The molecule has 4 heteroatoms. The second-order valence-electron chi connectivity index (χ2n) is 6.39. The Bertz CT molecular complexity index is 302. The van der Waals surface area contributed by atoms with Crippen LogP contribution in [0.5, 0.6) is 0 Å². The number of rotatable bonds is 6. The molecule has 0 aromatic heterocycles. The van der Waals surface area contributed by atoms with E-state index in [9.17, 15) is 4.79 Å². The van der Waals surface area contributed by atoms with Crippen molar-refractivity contribution >= 4 is 5.91 Å². The van der Waals surface area contributed by atoms with Gasteiger partial charge in [-0.2, -0.15) is 0 Å². The molecule has 116 valence electrons. The number of ether oxygens (including phenoxy) is 2. The Kier molecular flexibility index (Phi) is 6.30. The lowest BCUT2D eigenvalue weighted by Crippen LogP contribution is -2.38. The summed E-state index contributed by atoms with van der Waals surface area (Å²) in [6.45, 7) is 5.69. The van der Waals surface area contributed by atoms with Gasteiger partial charge in [0.2, 0.25) is 5.91 Å². The third-order valence-corrected chi connectivity index (χ3v) is 4.44. The molecule has 0 aromatic rings. The summed E-state index contributed by atoms with van der Waals surface area (Å²) in [7, 11) is 0. The number of hydrogen-bond donors (Lipinski definition) is 1. The Labute approximate surface area is 122 Å². The SMILES string of the molecule is CC1CCCC(OC(C)C(=O)NCCC2CCCO2)C1. The van der Waals surface area contributed by atoms with Crippen LogP contribution in [0.4, 0.5) is 0 Å². The fourth-order valence-corrected chi connectivity index (χ4v) is 3.22. The van der Waals surface area contributed by atoms with E-state index >= 15 is 0 Å². The molecule has 2 rings (SSSR count). The lowest BCUT2D eigenvalue weighted by Gasteiger charge is -2.29. The van der Waals surface area contributed by atoms with E-state index in [1.165, 1.54) is 12.8 Å². The minimum Gasteiger partial charge on any atom is -0.378 e. The molecule has 4 atom stereocenters. The Morgan fingerprint density at radius 1 is 1.35 bits per heavy atom. The van der Waals surface area contributed by atoms with E-state index in [0.717, 1.165) is 44.6 Å². The minimum atomic E-state index is -0.338. The van der Waals surface area contributed by atoms with Gasteiger partial charge in [0.05, 0.1) is 12.2 Å². The number of carbonyl (C=O) groups excluding carboxylic acids is 1. The maximum absolute atomic E-state index is 12.0. The molecule has 20 heavy (non-hydrogen) atoms. The highest BCUT2D eigenvalue weighted by molar-refractivity contribution is 5.80. The van der Waals surface area contributed by atoms with E-state index in [2.05, 4.69) is 12.2 Å². The summed E-state index contributed by atoms with van der Waals surface area (Å²) >= 11 is 0. The van der Waals surface area contributed by atoms with Gasteiger partial charge in [-0.05, 0) is 44.9 Å². The summed E-state index contributed by atoms with van der Waals surface area (Å²) in [5.74, 6) is 0.741. The van der Waals surface area contributed by atoms with Gasteiger partial charge >= 0.3 is 0 Å². The topological polar surface area (TPSA) is 47.6 Å². The molecule has 0 spiro atoms. The average molecular weight is 283 g/mol. The summed E-state index contributed by atoms with van der Waals surface area (Å²) in [5, 5.41) is 2.97. The summed E-state index contributed by atoms with van der Waals surface area (Å²) < 4.78 is 11.4. The fraction of sp³-hybridized carbons (Fsp3) is 0.938. The molecular weight excluding hydrogens is 254 g/mol. The summed E-state index contributed by atoms with van der Waals surface area (Å²) in [4.78, 5) is 12.0. The zero-order valence-corrected chi connectivity index (χ0v) is 12.9. The van der Waals surface area contributed by atoms with Crippen molar-refractivity contribution in [3.05, 3.63) is 0 Å². The quantitative estimate of drug-likeness (QED) is 0.815. The maximum atomic E-state index is 12.0. The molecule has 0 aromatic carbocycles. The van der Waals surface area contributed by atoms with Crippen LogP contribution in [0.3, 0.4) is 0 Å². The van der Waals surface area contributed by atoms with E-state index in [1.807, 2.05) is 6.92 Å². The molecule has 1 saturated carbocycles. The van der Waals surface area contributed by atoms with Crippen molar-refractivity contribution in [2.45, 2.75) is 77.1 Å². The second-order valence-corrected chi connectivity index (χ2v) is 6.39. The lowest BCUT2D eigenvalue weighted by molar-refractivity contribution is -0.137. The van der Waals surface area contributed by atoms with Gasteiger partial charge in [0.25, 0.3) is 0 Å². The third kappa shape index (κ3) is 5.06. The highest BCUT2D eigenvalue weighted by Crippen LogP contribution is 2.26. The van der Waals surface area contributed by atoms with Crippen LogP contribution < -0.4 is 5.32 Å². The first-order valence-corrected chi connectivity index (χ1v) is 8.20. The maximum Gasteiger partial charge on any atom is 0.248 e. The van der Waals surface area contributed by atoms with Crippen molar-refractivity contribution in [3.8, 4) is 0 Å². The zero-order chi connectivity index (χ0) is 14.4. The van der Waals surface area contributed by atoms with E-state index in [1.54, 1.807) is 0 Å². The summed E-state index contributed by atoms with van der Waals surface area (Å²) in [5.41, 5.74) is 0. The second kappa shape index (κ2) is 7.99. The number of hydrogen-bond acceptors (Lipinski definition) is 3. The van der Waals surface area contributed by atoms with Crippen LogP contribution in [0.25, 0.3) is 0 Å². The Morgan fingerprint density at radius 2 is 2.20 bits per heavy atom. The molecule has 4 nitrogen and oxygen atoms in total. The molecule has 2 fully saturated rings. The normalized spacial score (nSPS) is 32.0. The smallest absolute Gasteiger partial charge is 0.248 e. The number of nitrogens with one attached hydrogen (secondary N) is 1. The molecule has 1 heterocycles. The Balaban J connectivity index is 1.61. The Hall–Kier alpha value is -0.610. The van der Waals surface area contributed by atoms with Crippen LogP contribution in [0.1, 0.15) is 58.8 Å². The van der Waals surface area contributed by atoms with Gasteiger partial charge in [-0.1, -0.05) is 19.8 Å². The van der Waals surface area contributed by atoms with Crippen molar-refractivity contribution in [1.82, 2.24) is 5.32 Å². The van der Waals surface area contributed by atoms with Crippen molar-refractivity contribution < 1.29 is 14.3 Å². The average Bonchev–Trinajstić information content (AvgIpc) is 2.91. The van der Waals surface area contributed by atoms with E-state index in [-0.39, 0.29) is 18.1 Å². The first-order chi connectivity index (χ1) is 9.65. The molecule has 0 bridgehead atoms. The predicted molar refractivity (Wildman–Crippen MR) is 78.6 cm³/mol. The minimum absolute atomic E-state index is 0.0150. The van der Waals surface area contributed by atoms with Crippen LogP contribution in [0.15, 0.2) is 0 Å². The van der Waals surface area contributed by atoms with E-state index in [4.69, 9.17) is 9.47 Å². The number of amides is 1. The van der Waals surface area contributed by atoms with Gasteiger partial charge in [0.1, 0.15) is 6.10 Å². The van der Waals surface area contributed by atoms with Crippen molar-refractivity contribution in [2.24, 2.45) is 5.92 Å². The number of carbonyl (C=O) groups is 1. The molecule has 2 aliphatic rings. The van der Waals surface area contributed by atoms with Crippen LogP contribution in [-0.4, -0.2) is 37.4 Å². The van der Waals surface area contributed by atoms with Crippen molar-refractivity contribution in [3.63, 3.8) is 0 Å². The van der Waals surface area contributed by atoms with Gasteiger partial charge in [0, 0.05) is 13.2 Å². The fourth-order valence-electron chi connectivity index (χ4n) is 3.22. The standard InChI is InChI=1S/C16H29NO3/c1-12-5-3-6-15(11-12)20-13(2)16(18)17-9-8-14-7-4-10-19-14/h12-15H,3-11H2,1-2H3,(H,17,18). The van der Waals surface area contributed by atoms with Gasteiger partial charge in [-0.3, -0.25) is 4.79 Å². The van der Waals surface area contributed by atoms with E-state index < -0.39 is 0 Å². The Morgan fingerprint density at radius 3 is 2.90 bits per heavy atom. The molecule has 1 aliphatic heterocycles. The molecule has 4 unspecified atom stereocenters.